The third-order valence-electron chi connectivity index (χ3n) is 2.96. The van der Waals surface area contributed by atoms with Gasteiger partial charge in [-0.15, -0.1) is 0 Å². The van der Waals surface area contributed by atoms with Gasteiger partial charge >= 0.3 is 5.97 Å². The van der Waals surface area contributed by atoms with Crippen LogP contribution in [0.25, 0.3) is 0 Å². The standard InChI is InChI=1S/C12H18O2/c1-12(2,3)14-11(13)10-7-8-4-5-9(10)6-8/h7,9-10H,4-6H2,1-3H3. The summed E-state index contributed by atoms with van der Waals surface area (Å²) in [6, 6.07) is 0. The lowest BCUT2D eigenvalue weighted by atomic mass is 9.92. The summed E-state index contributed by atoms with van der Waals surface area (Å²) < 4.78 is 5.39. The molecular formula is C12H18O2. The van der Waals surface area contributed by atoms with E-state index >= 15 is 0 Å². The molecular weight excluding hydrogens is 176 g/mol. The van der Waals surface area contributed by atoms with Crippen molar-refractivity contribution in [1.82, 2.24) is 0 Å². The number of hydrogen-bond acceptors (Lipinski definition) is 2. The van der Waals surface area contributed by atoms with Crippen LogP contribution in [-0.4, -0.2) is 11.6 Å². The number of allylic oxidation sites excluding steroid dienone is 1. The third kappa shape index (κ3) is 1.84. The molecule has 2 bridgehead atoms. The highest BCUT2D eigenvalue weighted by molar-refractivity contribution is 5.76. The largest absolute Gasteiger partial charge is 0.460 e. The molecule has 0 spiro atoms. The van der Waals surface area contributed by atoms with Crippen LogP contribution in [0.15, 0.2) is 11.6 Å². The van der Waals surface area contributed by atoms with Crippen LogP contribution in [-0.2, 0) is 9.53 Å². The Morgan fingerprint density at radius 2 is 2.21 bits per heavy atom. The van der Waals surface area contributed by atoms with Gasteiger partial charge in [0, 0.05) is 0 Å². The highest BCUT2D eigenvalue weighted by Crippen LogP contribution is 2.44. The molecule has 0 radical (unpaired) electrons. The quantitative estimate of drug-likeness (QED) is 0.474. The first kappa shape index (κ1) is 9.75. The molecule has 2 aliphatic carbocycles. The van der Waals surface area contributed by atoms with Crippen molar-refractivity contribution >= 4 is 5.97 Å². The zero-order chi connectivity index (χ0) is 10.3. The summed E-state index contributed by atoms with van der Waals surface area (Å²) in [7, 11) is 0. The Labute approximate surface area is 85.3 Å². The molecule has 0 N–H and O–H groups in total. The summed E-state index contributed by atoms with van der Waals surface area (Å²) in [4.78, 5) is 11.8. The van der Waals surface area contributed by atoms with Crippen LogP contribution in [0.2, 0.25) is 0 Å². The van der Waals surface area contributed by atoms with Gasteiger partial charge in [0.2, 0.25) is 0 Å². The number of carbonyl (C=O) groups excluding carboxylic acids is 1. The second kappa shape index (κ2) is 3.11. The van der Waals surface area contributed by atoms with Gasteiger partial charge in [0.15, 0.2) is 0 Å². The monoisotopic (exact) mass is 194 g/mol. The fourth-order valence-electron chi connectivity index (χ4n) is 2.39. The third-order valence-corrected chi connectivity index (χ3v) is 2.96. The molecule has 0 amide bonds. The summed E-state index contributed by atoms with van der Waals surface area (Å²) in [6.45, 7) is 5.77. The Morgan fingerprint density at radius 3 is 2.64 bits per heavy atom. The summed E-state index contributed by atoms with van der Waals surface area (Å²) in [5, 5.41) is 0. The molecule has 0 aromatic heterocycles. The molecule has 0 aromatic rings. The van der Waals surface area contributed by atoms with Crippen molar-refractivity contribution in [3.63, 3.8) is 0 Å². The molecule has 0 aromatic carbocycles. The van der Waals surface area contributed by atoms with Crippen LogP contribution < -0.4 is 0 Å². The van der Waals surface area contributed by atoms with E-state index in [9.17, 15) is 4.79 Å². The van der Waals surface area contributed by atoms with Gasteiger partial charge in [0.05, 0.1) is 5.92 Å². The van der Waals surface area contributed by atoms with Gasteiger partial charge in [-0.3, -0.25) is 4.79 Å². The van der Waals surface area contributed by atoms with Gasteiger partial charge in [-0.2, -0.15) is 0 Å². The Bertz CT molecular complexity index is 283. The van der Waals surface area contributed by atoms with Gasteiger partial charge in [-0.1, -0.05) is 11.6 Å². The molecule has 0 saturated heterocycles. The maximum Gasteiger partial charge on any atom is 0.313 e. The van der Waals surface area contributed by atoms with Crippen LogP contribution in [0.5, 0.6) is 0 Å². The summed E-state index contributed by atoms with van der Waals surface area (Å²) in [5.41, 5.74) is 1.11. The van der Waals surface area contributed by atoms with Crippen LogP contribution >= 0.6 is 0 Å². The molecule has 2 aliphatic rings. The smallest absolute Gasteiger partial charge is 0.313 e. The summed E-state index contributed by atoms with van der Waals surface area (Å²) >= 11 is 0. The van der Waals surface area contributed by atoms with Crippen molar-refractivity contribution < 1.29 is 9.53 Å². The van der Waals surface area contributed by atoms with E-state index in [1.807, 2.05) is 20.8 Å². The Balaban J connectivity index is 2.00. The van der Waals surface area contributed by atoms with Crippen LogP contribution in [0.4, 0.5) is 0 Å². The number of rotatable bonds is 1. The van der Waals surface area contributed by atoms with E-state index in [2.05, 4.69) is 6.08 Å². The van der Waals surface area contributed by atoms with E-state index in [0.717, 1.165) is 6.42 Å². The molecule has 14 heavy (non-hydrogen) atoms. The molecule has 1 saturated carbocycles. The van der Waals surface area contributed by atoms with Crippen LogP contribution in [0.3, 0.4) is 0 Å². The first-order chi connectivity index (χ1) is 6.46. The van der Waals surface area contributed by atoms with Gasteiger partial charge in [-0.05, 0) is 46.0 Å². The number of carbonyl (C=O) groups is 1. The van der Waals surface area contributed by atoms with E-state index in [4.69, 9.17) is 4.74 Å². The second-order valence-corrected chi connectivity index (χ2v) is 5.39. The molecule has 1 fully saturated rings. The first-order valence-electron chi connectivity index (χ1n) is 5.38. The normalized spacial score (nSPS) is 30.4. The highest BCUT2D eigenvalue weighted by Gasteiger charge is 2.39. The van der Waals surface area contributed by atoms with Crippen molar-refractivity contribution in [2.75, 3.05) is 0 Å². The minimum atomic E-state index is -0.350. The molecule has 2 nitrogen and oxygen atoms in total. The first-order valence-corrected chi connectivity index (χ1v) is 5.38. The topological polar surface area (TPSA) is 26.3 Å². The highest BCUT2D eigenvalue weighted by atomic mass is 16.6. The van der Waals surface area contributed by atoms with Crippen molar-refractivity contribution in [3.05, 3.63) is 11.6 Å². The maximum atomic E-state index is 11.8. The molecule has 0 heterocycles. The van der Waals surface area contributed by atoms with E-state index < -0.39 is 0 Å². The number of fused-ring (bicyclic) bond motifs is 2. The van der Waals surface area contributed by atoms with Gasteiger partial charge in [0.25, 0.3) is 0 Å². The van der Waals surface area contributed by atoms with Crippen molar-refractivity contribution in [2.45, 2.75) is 45.6 Å². The number of esters is 1. The lowest BCUT2D eigenvalue weighted by Gasteiger charge is -2.24. The van der Waals surface area contributed by atoms with Crippen molar-refractivity contribution in [3.8, 4) is 0 Å². The molecule has 2 unspecified atom stereocenters. The molecule has 2 heteroatoms. The van der Waals surface area contributed by atoms with E-state index in [0.29, 0.717) is 5.92 Å². The molecule has 78 valence electrons. The average Bonchev–Trinajstić information content (AvgIpc) is 2.59. The molecule has 0 aliphatic heterocycles. The van der Waals surface area contributed by atoms with Crippen molar-refractivity contribution in [2.24, 2.45) is 11.8 Å². The predicted octanol–water partition coefficient (Wildman–Crippen LogP) is 2.68. The Hall–Kier alpha value is -0.790. The van der Waals surface area contributed by atoms with Crippen LogP contribution in [0.1, 0.15) is 40.0 Å². The van der Waals surface area contributed by atoms with Gasteiger partial charge in [0.1, 0.15) is 5.60 Å². The SMILES string of the molecule is CC(C)(C)OC(=O)C1C=C2CCC1C2. The number of ether oxygens (including phenoxy) is 1. The van der Waals surface area contributed by atoms with E-state index in [1.54, 1.807) is 0 Å². The molecule has 2 rings (SSSR count). The predicted molar refractivity (Wildman–Crippen MR) is 54.8 cm³/mol. The lowest BCUT2D eigenvalue weighted by Crippen LogP contribution is -2.30. The van der Waals surface area contributed by atoms with E-state index in [-0.39, 0.29) is 17.5 Å². The summed E-state index contributed by atoms with van der Waals surface area (Å²) in [5.74, 6) is 0.565. The zero-order valence-electron chi connectivity index (χ0n) is 9.17. The lowest BCUT2D eigenvalue weighted by molar-refractivity contribution is -0.159. The van der Waals surface area contributed by atoms with E-state index in [1.165, 1.54) is 18.4 Å². The van der Waals surface area contributed by atoms with Gasteiger partial charge in [-0.25, -0.2) is 0 Å². The van der Waals surface area contributed by atoms with Crippen LogP contribution in [0, 0.1) is 11.8 Å². The fraction of sp³-hybridized carbons (Fsp3) is 0.750. The van der Waals surface area contributed by atoms with Crippen molar-refractivity contribution in [1.29, 1.82) is 0 Å². The minimum absolute atomic E-state index is 0.0304. The fourth-order valence-corrected chi connectivity index (χ4v) is 2.39. The number of hydrogen-bond donors (Lipinski definition) is 0. The average molecular weight is 194 g/mol. The second-order valence-electron chi connectivity index (χ2n) is 5.39. The van der Waals surface area contributed by atoms with Gasteiger partial charge < -0.3 is 4.74 Å². The summed E-state index contributed by atoms with van der Waals surface area (Å²) in [6.07, 6.45) is 5.63. The Kier molecular flexibility index (Phi) is 2.17. The Morgan fingerprint density at radius 1 is 1.50 bits per heavy atom. The molecule has 2 atom stereocenters. The minimum Gasteiger partial charge on any atom is -0.460 e. The maximum absolute atomic E-state index is 11.8. The zero-order valence-corrected chi connectivity index (χ0v) is 9.17.